The summed E-state index contributed by atoms with van der Waals surface area (Å²) in [4.78, 5) is 35.6. The van der Waals surface area contributed by atoms with Crippen LogP contribution in [0, 0.1) is 5.41 Å². The normalized spacial score (nSPS) is 10.7. The lowest BCUT2D eigenvalue weighted by atomic mass is 10.1. The minimum Gasteiger partial charge on any atom is -0.481 e. The number of ether oxygens (including phenoxy) is 1. The number of rotatable bonds is 9. The summed E-state index contributed by atoms with van der Waals surface area (Å²) in [7, 11) is 0. The molecule has 0 saturated heterocycles. The minimum atomic E-state index is -0.875. The molecule has 4 rings (SSSR count). The number of carboxylic acid groups (broad SMARTS) is 1. The first-order chi connectivity index (χ1) is 17.3. The zero-order chi connectivity index (χ0) is 25.7. The Labute approximate surface area is 206 Å². The van der Waals surface area contributed by atoms with Crippen molar-refractivity contribution in [2.24, 2.45) is 5.73 Å². The van der Waals surface area contributed by atoms with Crippen LogP contribution in [0.5, 0.6) is 5.75 Å². The Morgan fingerprint density at radius 1 is 0.917 bits per heavy atom. The number of carbonyl (C=O) groups excluding carboxylic acids is 2. The molecule has 0 aliphatic rings. The van der Waals surface area contributed by atoms with Crippen molar-refractivity contribution in [1.29, 1.82) is 5.41 Å². The lowest BCUT2D eigenvalue weighted by molar-refractivity contribution is -0.136. The Kier molecular flexibility index (Phi) is 7.10. The number of amides is 1. The van der Waals surface area contributed by atoms with Crippen LogP contribution < -0.4 is 15.8 Å². The molecule has 0 atom stereocenters. The number of benzene rings is 3. The van der Waals surface area contributed by atoms with Crippen molar-refractivity contribution < 1.29 is 28.6 Å². The van der Waals surface area contributed by atoms with Crippen molar-refractivity contribution in [3.05, 3.63) is 101 Å². The number of hydrogen-bond acceptors (Lipinski definition) is 6. The van der Waals surface area contributed by atoms with E-state index in [0.717, 1.165) is 16.3 Å². The second kappa shape index (κ2) is 10.6. The zero-order valence-electron chi connectivity index (χ0n) is 19.1. The molecular weight excluding hydrogens is 462 g/mol. The fraction of sp³-hybridized carbons (Fsp3) is 0.111. The molecule has 1 heterocycles. The van der Waals surface area contributed by atoms with Gasteiger partial charge in [-0.25, -0.2) is 4.79 Å². The quantitative estimate of drug-likeness (QED) is 0.121. The van der Waals surface area contributed by atoms with Crippen LogP contribution >= 0.6 is 0 Å². The van der Waals surface area contributed by atoms with Crippen molar-refractivity contribution in [1.82, 2.24) is 5.32 Å². The van der Waals surface area contributed by atoms with E-state index in [1.807, 2.05) is 0 Å². The number of amidine groups is 1. The van der Waals surface area contributed by atoms with Crippen LogP contribution in [0.4, 0.5) is 0 Å². The van der Waals surface area contributed by atoms with Crippen molar-refractivity contribution in [2.75, 3.05) is 0 Å². The Bertz CT molecular complexity index is 1460. The van der Waals surface area contributed by atoms with Crippen molar-refractivity contribution >= 4 is 34.5 Å². The maximum Gasteiger partial charge on any atom is 0.379 e. The molecular formula is C27H23N3O6. The number of nitrogens with two attached hydrogens (primary N) is 1. The fourth-order valence-electron chi connectivity index (χ4n) is 3.54. The Balaban J connectivity index is 1.33. The Morgan fingerprint density at radius 2 is 1.61 bits per heavy atom. The number of hydrogen-bond donors (Lipinski definition) is 4. The second-order valence-electron chi connectivity index (χ2n) is 8.07. The lowest BCUT2D eigenvalue weighted by Gasteiger charge is -2.06. The maximum atomic E-state index is 12.5. The number of furan rings is 1. The molecule has 9 nitrogen and oxygen atoms in total. The average Bonchev–Trinajstić information content (AvgIpc) is 3.35. The zero-order valence-corrected chi connectivity index (χ0v) is 19.1. The number of carboxylic acids is 1. The fourth-order valence-corrected chi connectivity index (χ4v) is 3.54. The summed E-state index contributed by atoms with van der Waals surface area (Å²) in [5.74, 6) is -1.20. The van der Waals surface area contributed by atoms with Crippen molar-refractivity contribution in [2.45, 2.75) is 19.4 Å². The number of fused-ring (bicyclic) bond motifs is 1. The molecule has 182 valence electrons. The van der Waals surface area contributed by atoms with E-state index in [1.54, 1.807) is 66.7 Å². The Morgan fingerprint density at radius 3 is 2.33 bits per heavy atom. The van der Waals surface area contributed by atoms with E-state index in [-0.39, 0.29) is 30.5 Å². The number of carbonyl (C=O) groups is 3. The Hall–Kier alpha value is -4.92. The first-order valence-corrected chi connectivity index (χ1v) is 11.1. The third-order valence-corrected chi connectivity index (χ3v) is 5.46. The molecule has 4 aromatic rings. The van der Waals surface area contributed by atoms with Gasteiger partial charge in [0.25, 0.3) is 5.91 Å². The van der Waals surface area contributed by atoms with E-state index in [9.17, 15) is 14.4 Å². The average molecular weight is 485 g/mol. The molecule has 5 N–H and O–H groups in total. The van der Waals surface area contributed by atoms with Gasteiger partial charge in [0.15, 0.2) is 0 Å². The van der Waals surface area contributed by atoms with Crippen LogP contribution in [0.3, 0.4) is 0 Å². The molecule has 0 spiro atoms. The predicted octanol–water partition coefficient (Wildman–Crippen LogP) is 3.88. The number of nitrogen functional groups attached to an aromatic ring is 1. The number of aryl methyl sites for hydroxylation is 1. The minimum absolute atomic E-state index is 0.00550. The first kappa shape index (κ1) is 24.2. The molecule has 0 aliphatic heterocycles. The third-order valence-electron chi connectivity index (χ3n) is 5.46. The largest absolute Gasteiger partial charge is 0.481 e. The number of aliphatic carboxylic acids is 1. The third kappa shape index (κ3) is 5.95. The van der Waals surface area contributed by atoms with Gasteiger partial charge in [0, 0.05) is 17.5 Å². The summed E-state index contributed by atoms with van der Waals surface area (Å²) in [6, 6.07) is 20.1. The lowest BCUT2D eigenvalue weighted by Crippen LogP contribution is -2.22. The van der Waals surface area contributed by atoms with Gasteiger partial charge in [-0.3, -0.25) is 15.0 Å². The van der Waals surface area contributed by atoms with Gasteiger partial charge in [-0.15, -0.1) is 0 Å². The molecule has 0 unspecified atom stereocenters. The van der Waals surface area contributed by atoms with E-state index in [4.69, 9.17) is 25.4 Å². The molecule has 3 aromatic carbocycles. The summed E-state index contributed by atoms with van der Waals surface area (Å²) in [6.07, 6.45) is 0.417. The molecule has 1 aromatic heterocycles. The van der Waals surface area contributed by atoms with Crippen molar-refractivity contribution in [3.63, 3.8) is 0 Å². The maximum absolute atomic E-state index is 12.5. The monoisotopic (exact) mass is 485 g/mol. The van der Waals surface area contributed by atoms with Gasteiger partial charge in [-0.2, -0.15) is 0 Å². The standard InChI is InChI=1S/C27H23N3O6/c28-25(29)20-7-6-19-14-21(9-8-18(19)13-20)36-27(34)23-11-10-22(35-23)15-30-26(33)17-4-1-16(2-5-17)3-12-24(31)32/h1-2,4-11,13-14H,3,12,15H2,(H3,28,29)(H,30,33)(H,31,32). The van der Waals surface area contributed by atoms with Crippen molar-refractivity contribution in [3.8, 4) is 5.75 Å². The van der Waals surface area contributed by atoms with Crippen LogP contribution in [0.2, 0.25) is 0 Å². The summed E-state index contributed by atoms with van der Waals surface area (Å²) in [5.41, 5.74) is 7.38. The molecule has 1 amide bonds. The van der Waals surface area contributed by atoms with Crippen LogP contribution in [0.1, 0.15) is 44.2 Å². The SMILES string of the molecule is N=C(N)c1ccc2cc(OC(=O)c3ccc(CNC(=O)c4ccc(CCC(=O)O)cc4)o3)ccc2c1. The number of esters is 1. The number of nitrogens with one attached hydrogen (secondary N) is 2. The van der Waals surface area contributed by atoms with Crippen LogP contribution in [-0.4, -0.2) is 28.8 Å². The predicted molar refractivity (Wildman–Crippen MR) is 132 cm³/mol. The highest BCUT2D eigenvalue weighted by Gasteiger charge is 2.15. The summed E-state index contributed by atoms with van der Waals surface area (Å²) in [6.45, 7) is 0.0708. The topological polar surface area (TPSA) is 156 Å². The van der Waals surface area contributed by atoms with E-state index in [1.165, 1.54) is 6.07 Å². The van der Waals surface area contributed by atoms with Gasteiger partial charge in [0.1, 0.15) is 17.3 Å². The summed E-state index contributed by atoms with van der Waals surface area (Å²) >= 11 is 0. The molecule has 0 radical (unpaired) electrons. The van der Waals surface area contributed by atoms with Gasteiger partial charge in [0.05, 0.1) is 6.54 Å². The molecule has 0 fully saturated rings. The van der Waals surface area contributed by atoms with Crippen LogP contribution in [-0.2, 0) is 17.8 Å². The second-order valence-corrected chi connectivity index (χ2v) is 8.07. The van der Waals surface area contributed by atoms with Crippen LogP contribution in [0.15, 0.2) is 77.2 Å². The van der Waals surface area contributed by atoms with Crippen LogP contribution in [0.25, 0.3) is 10.8 Å². The molecule has 0 bridgehead atoms. The van der Waals surface area contributed by atoms with E-state index in [2.05, 4.69) is 5.32 Å². The summed E-state index contributed by atoms with van der Waals surface area (Å²) in [5, 5.41) is 20.7. The van der Waals surface area contributed by atoms with Gasteiger partial charge >= 0.3 is 11.9 Å². The summed E-state index contributed by atoms with van der Waals surface area (Å²) < 4.78 is 10.9. The smallest absolute Gasteiger partial charge is 0.379 e. The highest BCUT2D eigenvalue weighted by Crippen LogP contribution is 2.23. The highest BCUT2D eigenvalue weighted by molar-refractivity contribution is 5.99. The molecule has 0 aliphatic carbocycles. The van der Waals surface area contributed by atoms with E-state index in [0.29, 0.717) is 29.1 Å². The van der Waals surface area contributed by atoms with Gasteiger partial charge in [-0.1, -0.05) is 30.3 Å². The van der Waals surface area contributed by atoms with Gasteiger partial charge in [-0.05, 0) is 65.2 Å². The molecule has 9 heteroatoms. The first-order valence-electron chi connectivity index (χ1n) is 11.1. The van der Waals surface area contributed by atoms with Gasteiger partial charge < -0.3 is 25.3 Å². The molecule has 36 heavy (non-hydrogen) atoms. The van der Waals surface area contributed by atoms with E-state index >= 15 is 0 Å². The van der Waals surface area contributed by atoms with Gasteiger partial charge in [0.2, 0.25) is 5.76 Å². The molecule has 0 saturated carbocycles. The van der Waals surface area contributed by atoms with E-state index < -0.39 is 11.9 Å². The highest BCUT2D eigenvalue weighted by atomic mass is 16.5.